The van der Waals surface area contributed by atoms with Crippen molar-refractivity contribution in [1.82, 2.24) is 9.88 Å². The normalized spacial score (nSPS) is 10.8. The van der Waals surface area contributed by atoms with Crippen molar-refractivity contribution < 1.29 is 14.7 Å². The van der Waals surface area contributed by atoms with Crippen molar-refractivity contribution in [3.05, 3.63) is 35.5 Å². The maximum atomic E-state index is 12.2. The highest BCUT2D eigenvalue weighted by molar-refractivity contribution is 5.90. The lowest BCUT2D eigenvalue weighted by Gasteiger charge is -2.16. The fourth-order valence-corrected chi connectivity index (χ4v) is 2.61. The molecule has 0 unspecified atom stereocenters. The highest BCUT2D eigenvalue weighted by Gasteiger charge is 2.14. The Kier molecular flexibility index (Phi) is 5.20. The van der Waals surface area contributed by atoms with Gasteiger partial charge in [-0.15, -0.1) is 0 Å². The highest BCUT2D eigenvalue weighted by atomic mass is 16.4. The molecular weight excluding hydrogens is 280 g/mol. The molecule has 1 heterocycles. The van der Waals surface area contributed by atoms with E-state index in [0.29, 0.717) is 19.4 Å². The molecule has 0 fully saturated rings. The van der Waals surface area contributed by atoms with Gasteiger partial charge in [0.2, 0.25) is 5.91 Å². The first-order valence-corrected chi connectivity index (χ1v) is 7.56. The van der Waals surface area contributed by atoms with Gasteiger partial charge in [-0.3, -0.25) is 9.59 Å². The second-order valence-electron chi connectivity index (χ2n) is 5.50. The minimum atomic E-state index is -0.829. The summed E-state index contributed by atoms with van der Waals surface area (Å²) in [4.78, 5) is 27.6. The van der Waals surface area contributed by atoms with Gasteiger partial charge < -0.3 is 15.0 Å². The number of amides is 1. The number of H-pyrrole nitrogens is 1. The smallest absolute Gasteiger partial charge is 0.303 e. The van der Waals surface area contributed by atoms with Crippen molar-refractivity contribution in [2.45, 2.75) is 32.6 Å². The van der Waals surface area contributed by atoms with Gasteiger partial charge in [-0.25, -0.2) is 0 Å². The van der Waals surface area contributed by atoms with Gasteiger partial charge in [0.05, 0.1) is 6.42 Å². The minimum Gasteiger partial charge on any atom is -0.481 e. The number of aryl methyl sites for hydroxylation is 1. The predicted octanol–water partition coefficient (Wildman–Crippen LogP) is 2.60. The Morgan fingerprint density at radius 3 is 2.73 bits per heavy atom. The maximum absolute atomic E-state index is 12.2. The fraction of sp³-hybridized carbons (Fsp3) is 0.412. The Hall–Kier alpha value is -2.30. The van der Waals surface area contributed by atoms with E-state index in [9.17, 15) is 9.59 Å². The van der Waals surface area contributed by atoms with E-state index in [2.05, 4.69) is 18.0 Å². The Bertz CT molecular complexity index is 676. The number of carboxylic acid groups (broad SMARTS) is 1. The third kappa shape index (κ3) is 3.67. The van der Waals surface area contributed by atoms with E-state index in [-0.39, 0.29) is 12.3 Å². The van der Waals surface area contributed by atoms with Crippen LogP contribution in [0.1, 0.15) is 30.9 Å². The SMILES string of the molecule is CCc1cccc2c(CC(=O)N(C)CCCC(=O)O)c[nH]c12. The number of benzene rings is 1. The number of likely N-dealkylation sites (N-methyl/N-ethyl adjacent to an activating group) is 1. The lowest BCUT2D eigenvalue weighted by Crippen LogP contribution is -2.29. The van der Waals surface area contributed by atoms with Crippen LogP contribution < -0.4 is 0 Å². The Morgan fingerprint density at radius 2 is 2.05 bits per heavy atom. The van der Waals surface area contributed by atoms with E-state index >= 15 is 0 Å². The van der Waals surface area contributed by atoms with E-state index in [1.165, 1.54) is 5.56 Å². The van der Waals surface area contributed by atoms with Crippen molar-refractivity contribution >= 4 is 22.8 Å². The van der Waals surface area contributed by atoms with E-state index < -0.39 is 5.97 Å². The molecule has 22 heavy (non-hydrogen) atoms. The zero-order valence-electron chi connectivity index (χ0n) is 13.1. The van der Waals surface area contributed by atoms with E-state index in [1.54, 1.807) is 11.9 Å². The molecule has 0 saturated carbocycles. The molecule has 0 aliphatic rings. The molecule has 2 aromatic rings. The lowest BCUT2D eigenvalue weighted by molar-refractivity contribution is -0.138. The quantitative estimate of drug-likeness (QED) is 0.825. The first kappa shape index (κ1) is 16.1. The second kappa shape index (κ2) is 7.11. The third-order valence-electron chi connectivity index (χ3n) is 3.92. The Labute approximate surface area is 129 Å². The van der Waals surface area contributed by atoms with Crippen LogP contribution in [0.4, 0.5) is 0 Å². The molecular formula is C17H22N2O3. The summed E-state index contributed by atoms with van der Waals surface area (Å²) in [5.74, 6) is -0.822. The summed E-state index contributed by atoms with van der Waals surface area (Å²) in [5, 5.41) is 9.72. The first-order valence-electron chi connectivity index (χ1n) is 7.56. The number of para-hydroxylation sites is 1. The van der Waals surface area contributed by atoms with Crippen LogP contribution in [-0.4, -0.2) is 40.5 Å². The number of fused-ring (bicyclic) bond motifs is 1. The first-order chi connectivity index (χ1) is 10.5. The Morgan fingerprint density at radius 1 is 1.27 bits per heavy atom. The van der Waals surface area contributed by atoms with Crippen LogP contribution in [-0.2, 0) is 22.4 Å². The average molecular weight is 302 g/mol. The summed E-state index contributed by atoms with van der Waals surface area (Å²) >= 11 is 0. The number of hydrogen-bond acceptors (Lipinski definition) is 2. The molecule has 0 radical (unpaired) electrons. The molecule has 1 aromatic carbocycles. The third-order valence-corrected chi connectivity index (χ3v) is 3.92. The number of carbonyl (C=O) groups is 2. The summed E-state index contributed by atoms with van der Waals surface area (Å²) in [5.41, 5.74) is 3.33. The van der Waals surface area contributed by atoms with Crippen LogP contribution in [0.25, 0.3) is 10.9 Å². The summed E-state index contributed by atoms with van der Waals surface area (Å²) in [7, 11) is 1.72. The maximum Gasteiger partial charge on any atom is 0.303 e. The molecule has 5 nitrogen and oxygen atoms in total. The molecule has 0 aliphatic heterocycles. The van der Waals surface area contributed by atoms with Crippen molar-refractivity contribution in [2.75, 3.05) is 13.6 Å². The zero-order chi connectivity index (χ0) is 16.1. The van der Waals surface area contributed by atoms with Crippen LogP contribution in [0.2, 0.25) is 0 Å². The molecule has 5 heteroatoms. The summed E-state index contributed by atoms with van der Waals surface area (Å²) in [6.07, 6.45) is 3.74. The highest BCUT2D eigenvalue weighted by Crippen LogP contribution is 2.22. The van der Waals surface area contributed by atoms with Gasteiger partial charge in [0.15, 0.2) is 0 Å². The van der Waals surface area contributed by atoms with E-state index in [0.717, 1.165) is 22.9 Å². The second-order valence-corrected chi connectivity index (χ2v) is 5.50. The number of carboxylic acids is 1. The van der Waals surface area contributed by atoms with E-state index in [1.807, 2.05) is 18.3 Å². The van der Waals surface area contributed by atoms with Gasteiger partial charge in [-0.05, 0) is 24.0 Å². The predicted molar refractivity (Wildman–Crippen MR) is 85.9 cm³/mol. The molecule has 0 bridgehead atoms. The minimum absolute atomic E-state index is 0.00758. The molecule has 0 spiro atoms. The molecule has 0 saturated heterocycles. The number of hydrogen-bond donors (Lipinski definition) is 2. The number of rotatable bonds is 7. The monoisotopic (exact) mass is 302 g/mol. The number of nitrogens with zero attached hydrogens (tertiary/aromatic N) is 1. The van der Waals surface area contributed by atoms with Crippen LogP contribution in [0, 0.1) is 0 Å². The largest absolute Gasteiger partial charge is 0.481 e. The molecule has 2 N–H and O–H groups in total. The van der Waals surface area contributed by atoms with Crippen molar-refractivity contribution in [3.63, 3.8) is 0 Å². The zero-order valence-corrected chi connectivity index (χ0v) is 13.1. The van der Waals surface area contributed by atoms with Gasteiger partial charge in [0.25, 0.3) is 0 Å². The van der Waals surface area contributed by atoms with Crippen LogP contribution in [0.15, 0.2) is 24.4 Å². The number of nitrogens with one attached hydrogen (secondary N) is 1. The van der Waals surface area contributed by atoms with Gasteiger partial charge in [0, 0.05) is 37.1 Å². The van der Waals surface area contributed by atoms with Gasteiger partial charge >= 0.3 is 5.97 Å². The summed E-state index contributed by atoms with van der Waals surface area (Å²) in [6, 6.07) is 6.13. The molecule has 0 aliphatic carbocycles. The molecule has 2 rings (SSSR count). The van der Waals surface area contributed by atoms with Crippen LogP contribution in [0.5, 0.6) is 0 Å². The fourth-order valence-electron chi connectivity index (χ4n) is 2.61. The topological polar surface area (TPSA) is 73.4 Å². The molecule has 1 amide bonds. The van der Waals surface area contributed by atoms with Gasteiger partial charge in [0.1, 0.15) is 0 Å². The number of aromatic amines is 1. The average Bonchev–Trinajstić information content (AvgIpc) is 2.89. The number of aromatic nitrogens is 1. The van der Waals surface area contributed by atoms with Crippen molar-refractivity contribution in [3.8, 4) is 0 Å². The summed E-state index contributed by atoms with van der Waals surface area (Å²) < 4.78 is 0. The van der Waals surface area contributed by atoms with Gasteiger partial charge in [-0.2, -0.15) is 0 Å². The standard InChI is InChI=1S/C17H22N2O3/c1-3-12-6-4-7-14-13(11-18-17(12)14)10-15(20)19(2)9-5-8-16(21)22/h4,6-7,11,18H,3,5,8-10H2,1-2H3,(H,21,22). The molecule has 118 valence electrons. The lowest BCUT2D eigenvalue weighted by atomic mass is 10.1. The van der Waals surface area contributed by atoms with Crippen LogP contribution in [0.3, 0.4) is 0 Å². The van der Waals surface area contributed by atoms with Crippen molar-refractivity contribution in [1.29, 1.82) is 0 Å². The Balaban J connectivity index is 2.04. The number of carbonyl (C=O) groups excluding carboxylic acids is 1. The van der Waals surface area contributed by atoms with E-state index in [4.69, 9.17) is 5.11 Å². The summed E-state index contributed by atoms with van der Waals surface area (Å²) in [6.45, 7) is 2.57. The molecule has 0 atom stereocenters. The number of aliphatic carboxylic acids is 1. The molecule has 1 aromatic heterocycles. The van der Waals surface area contributed by atoms with Crippen LogP contribution >= 0.6 is 0 Å². The van der Waals surface area contributed by atoms with Gasteiger partial charge in [-0.1, -0.05) is 25.1 Å². The van der Waals surface area contributed by atoms with Crippen molar-refractivity contribution in [2.24, 2.45) is 0 Å².